The van der Waals surface area contributed by atoms with Gasteiger partial charge in [0.05, 0.1) is 6.10 Å². The van der Waals surface area contributed by atoms with E-state index in [0.29, 0.717) is 11.4 Å². The molecular weight excluding hydrogens is 248 g/mol. The standard InChI is InChI=1S/C15H19ClO2/c16-11-5-6-14-12(9-11)13(17)10-15(18-14)7-3-1-2-4-8-15/h5-6,9,13,17H,1-4,7-8,10H2. The van der Waals surface area contributed by atoms with Crippen molar-refractivity contribution in [3.05, 3.63) is 28.8 Å². The van der Waals surface area contributed by atoms with Crippen LogP contribution in [0.5, 0.6) is 5.75 Å². The fraction of sp³-hybridized carbons (Fsp3) is 0.600. The molecule has 0 radical (unpaired) electrons. The number of benzene rings is 1. The van der Waals surface area contributed by atoms with Gasteiger partial charge in [0.1, 0.15) is 11.4 Å². The molecule has 3 rings (SSSR count). The van der Waals surface area contributed by atoms with E-state index in [2.05, 4.69) is 0 Å². The molecule has 1 saturated carbocycles. The molecule has 2 nitrogen and oxygen atoms in total. The van der Waals surface area contributed by atoms with E-state index in [1.165, 1.54) is 25.7 Å². The molecule has 98 valence electrons. The second-order valence-electron chi connectivity index (χ2n) is 5.60. The molecular formula is C15H19ClO2. The van der Waals surface area contributed by atoms with E-state index in [4.69, 9.17) is 16.3 Å². The van der Waals surface area contributed by atoms with Crippen molar-refractivity contribution in [2.75, 3.05) is 0 Å². The van der Waals surface area contributed by atoms with Crippen LogP contribution in [0.15, 0.2) is 18.2 Å². The zero-order valence-electron chi connectivity index (χ0n) is 10.5. The van der Waals surface area contributed by atoms with Crippen molar-refractivity contribution in [2.45, 2.75) is 56.7 Å². The molecule has 1 fully saturated rings. The molecule has 1 heterocycles. The zero-order valence-corrected chi connectivity index (χ0v) is 11.2. The van der Waals surface area contributed by atoms with Gasteiger partial charge in [-0.2, -0.15) is 0 Å². The Morgan fingerprint density at radius 2 is 1.89 bits per heavy atom. The van der Waals surface area contributed by atoms with Crippen molar-refractivity contribution in [1.82, 2.24) is 0 Å². The van der Waals surface area contributed by atoms with Crippen LogP contribution in [0.3, 0.4) is 0 Å². The number of hydrogen-bond acceptors (Lipinski definition) is 2. The Morgan fingerprint density at radius 1 is 1.17 bits per heavy atom. The highest BCUT2D eigenvalue weighted by atomic mass is 35.5. The van der Waals surface area contributed by atoms with Crippen LogP contribution in [-0.4, -0.2) is 10.7 Å². The van der Waals surface area contributed by atoms with Gasteiger partial charge in [0.15, 0.2) is 0 Å². The SMILES string of the molecule is OC1CC2(CCCCCC2)Oc2ccc(Cl)cc21. The van der Waals surface area contributed by atoms with Crippen molar-refractivity contribution in [1.29, 1.82) is 0 Å². The lowest BCUT2D eigenvalue weighted by Gasteiger charge is -2.40. The Bertz CT molecular complexity index is 436. The van der Waals surface area contributed by atoms with E-state index in [0.717, 1.165) is 24.2 Å². The minimum atomic E-state index is -0.439. The summed E-state index contributed by atoms with van der Waals surface area (Å²) in [6.45, 7) is 0. The van der Waals surface area contributed by atoms with Gasteiger partial charge in [0, 0.05) is 17.0 Å². The number of hydrogen-bond donors (Lipinski definition) is 1. The van der Waals surface area contributed by atoms with Gasteiger partial charge in [-0.1, -0.05) is 24.4 Å². The number of aliphatic hydroxyl groups is 1. The Labute approximate surface area is 113 Å². The van der Waals surface area contributed by atoms with Crippen LogP contribution in [-0.2, 0) is 0 Å². The molecule has 0 aromatic heterocycles. The van der Waals surface area contributed by atoms with Crippen LogP contribution in [0.4, 0.5) is 0 Å². The van der Waals surface area contributed by atoms with Gasteiger partial charge in [-0.25, -0.2) is 0 Å². The topological polar surface area (TPSA) is 29.5 Å². The highest BCUT2D eigenvalue weighted by Crippen LogP contribution is 2.45. The summed E-state index contributed by atoms with van der Waals surface area (Å²) in [5.41, 5.74) is 0.703. The van der Waals surface area contributed by atoms with Crippen LogP contribution in [0.1, 0.15) is 56.6 Å². The van der Waals surface area contributed by atoms with Crippen LogP contribution < -0.4 is 4.74 Å². The quantitative estimate of drug-likeness (QED) is 0.761. The number of aliphatic hydroxyl groups excluding tert-OH is 1. The van der Waals surface area contributed by atoms with Gasteiger partial charge in [0.25, 0.3) is 0 Å². The molecule has 1 aromatic rings. The first-order valence-corrected chi connectivity index (χ1v) is 7.23. The molecule has 1 aliphatic heterocycles. The maximum Gasteiger partial charge on any atom is 0.126 e. The van der Waals surface area contributed by atoms with Gasteiger partial charge < -0.3 is 9.84 Å². The zero-order chi connectivity index (χ0) is 12.6. The summed E-state index contributed by atoms with van der Waals surface area (Å²) in [7, 11) is 0. The lowest BCUT2D eigenvalue weighted by Crippen LogP contribution is -2.40. The molecule has 1 atom stereocenters. The molecule has 1 N–H and O–H groups in total. The summed E-state index contributed by atoms with van der Waals surface area (Å²) < 4.78 is 6.25. The van der Waals surface area contributed by atoms with E-state index in [-0.39, 0.29) is 5.60 Å². The lowest BCUT2D eigenvalue weighted by molar-refractivity contribution is -0.0244. The molecule has 0 saturated heterocycles. The molecule has 0 bridgehead atoms. The normalized spacial score (nSPS) is 26.2. The second kappa shape index (κ2) is 4.75. The fourth-order valence-electron chi connectivity index (χ4n) is 3.29. The van der Waals surface area contributed by atoms with Gasteiger partial charge in [0.2, 0.25) is 0 Å². The molecule has 1 aromatic carbocycles. The second-order valence-corrected chi connectivity index (χ2v) is 6.04. The first-order valence-electron chi connectivity index (χ1n) is 6.85. The molecule has 0 amide bonds. The summed E-state index contributed by atoms with van der Waals surface area (Å²) in [6.07, 6.45) is 7.37. The van der Waals surface area contributed by atoms with Crippen LogP contribution in [0, 0.1) is 0 Å². The maximum absolute atomic E-state index is 10.4. The number of fused-ring (bicyclic) bond motifs is 1. The van der Waals surface area contributed by atoms with E-state index in [1.54, 1.807) is 0 Å². The predicted molar refractivity (Wildman–Crippen MR) is 72.1 cm³/mol. The number of halogens is 1. The molecule has 1 unspecified atom stereocenters. The Balaban J connectivity index is 1.92. The van der Waals surface area contributed by atoms with Crippen LogP contribution in [0.2, 0.25) is 5.02 Å². The minimum Gasteiger partial charge on any atom is -0.487 e. The third-order valence-electron chi connectivity index (χ3n) is 4.24. The van der Waals surface area contributed by atoms with Crippen LogP contribution in [0.25, 0.3) is 0 Å². The largest absolute Gasteiger partial charge is 0.487 e. The lowest BCUT2D eigenvalue weighted by atomic mass is 9.83. The average molecular weight is 267 g/mol. The Hall–Kier alpha value is -0.730. The monoisotopic (exact) mass is 266 g/mol. The summed E-state index contributed by atoms with van der Waals surface area (Å²) >= 11 is 5.98. The van der Waals surface area contributed by atoms with Crippen LogP contribution >= 0.6 is 11.6 Å². The van der Waals surface area contributed by atoms with E-state index >= 15 is 0 Å². The van der Waals surface area contributed by atoms with Crippen molar-refractivity contribution in [3.63, 3.8) is 0 Å². The van der Waals surface area contributed by atoms with Gasteiger partial charge in [-0.05, 0) is 43.9 Å². The maximum atomic E-state index is 10.4. The summed E-state index contributed by atoms with van der Waals surface area (Å²) in [4.78, 5) is 0. The summed E-state index contributed by atoms with van der Waals surface area (Å²) in [5, 5.41) is 11.0. The van der Waals surface area contributed by atoms with E-state index in [1.807, 2.05) is 18.2 Å². The predicted octanol–water partition coefficient (Wildman–Crippen LogP) is 4.25. The van der Waals surface area contributed by atoms with Gasteiger partial charge in [-0.3, -0.25) is 0 Å². The molecule has 18 heavy (non-hydrogen) atoms. The van der Waals surface area contributed by atoms with Crippen molar-refractivity contribution < 1.29 is 9.84 Å². The third kappa shape index (κ3) is 2.24. The summed E-state index contributed by atoms with van der Waals surface area (Å²) in [5.74, 6) is 0.819. The average Bonchev–Trinajstić information content (AvgIpc) is 2.56. The van der Waals surface area contributed by atoms with Crippen molar-refractivity contribution >= 4 is 11.6 Å². The molecule has 1 spiro atoms. The van der Waals surface area contributed by atoms with E-state index < -0.39 is 6.10 Å². The van der Waals surface area contributed by atoms with E-state index in [9.17, 15) is 5.11 Å². The Morgan fingerprint density at radius 3 is 2.61 bits per heavy atom. The van der Waals surface area contributed by atoms with Gasteiger partial charge in [-0.15, -0.1) is 0 Å². The number of ether oxygens (including phenoxy) is 1. The first kappa shape index (κ1) is 12.3. The van der Waals surface area contributed by atoms with Gasteiger partial charge >= 0.3 is 0 Å². The summed E-state index contributed by atoms with van der Waals surface area (Å²) in [6, 6.07) is 5.56. The third-order valence-corrected chi connectivity index (χ3v) is 4.47. The molecule has 2 aliphatic rings. The van der Waals surface area contributed by atoms with Crippen molar-refractivity contribution in [3.8, 4) is 5.75 Å². The molecule has 1 aliphatic carbocycles. The first-order chi connectivity index (χ1) is 8.69. The molecule has 3 heteroatoms. The smallest absolute Gasteiger partial charge is 0.126 e. The highest BCUT2D eigenvalue weighted by molar-refractivity contribution is 6.30. The van der Waals surface area contributed by atoms with Crippen molar-refractivity contribution in [2.24, 2.45) is 0 Å². The fourth-order valence-corrected chi connectivity index (χ4v) is 3.47. The number of rotatable bonds is 0. The Kier molecular flexibility index (Phi) is 3.25. The highest BCUT2D eigenvalue weighted by Gasteiger charge is 2.40. The minimum absolute atomic E-state index is 0.142.